The number of aromatic amines is 1. The highest BCUT2D eigenvalue weighted by Crippen LogP contribution is 2.28. The Hall–Kier alpha value is -2.47. The lowest BCUT2D eigenvalue weighted by molar-refractivity contribution is 0.195. The van der Waals surface area contributed by atoms with Gasteiger partial charge in [-0.1, -0.05) is 30.3 Å². The predicted molar refractivity (Wildman–Crippen MR) is 92.3 cm³/mol. The SMILES string of the molecule is Cn1cnnc1C1CCCN(Cc2cn[nH]c2-c2ccccc2)C1. The molecule has 2 aromatic heterocycles. The highest BCUT2D eigenvalue weighted by Gasteiger charge is 2.25. The van der Waals surface area contributed by atoms with E-state index in [1.807, 2.05) is 23.9 Å². The smallest absolute Gasteiger partial charge is 0.136 e. The first-order chi connectivity index (χ1) is 11.8. The molecule has 1 aliphatic rings. The number of hydrogen-bond donors (Lipinski definition) is 1. The minimum atomic E-state index is 0.457. The lowest BCUT2D eigenvalue weighted by atomic mass is 9.96. The van der Waals surface area contributed by atoms with Crippen molar-refractivity contribution < 1.29 is 0 Å². The highest BCUT2D eigenvalue weighted by atomic mass is 15.3. The first kappa shape index (κ1) is 15.1. The van der Waals surface area contributed by atoms with Crippen LogP contribution in [-0.2, 0) is 13.6 Å². The molecule has 24 heavy (non-hydrogen) atoms. The fraction of sp³-hybridized carbons (Fsp3) is 0.389. The van der Waals surface area contributed by atoms with Gasteiger partial charge in [0.25, 0.3) is 0 Å². The Morgan fingerprint density at radius 3 is 2.92 bits per heavy atom. The molecule has 6 heteroatoms. The average Bonchev–Trinajstić information content (AvgIpc) is 3.25. The Kier molecular flexibility index (Phi) is 4.13. The van der Waals surface area contributed by atoms with Crippen molar-refractivity contribution in [2.24, 2.45) is 7.05 Å². The molecule has 0 radical (unpaired) electrons. The zero-order chi connectivity index (χ0) is 16.4. The third-order valence-electron chi connectivity index (χ3n) is 4.79. The van der Waals surface area contributed by atoms with Gasteiger partial charge in [-0.15, -0.1) is 10.2 Å². The van der Waals surface area contributed by atoms with Crippen LogP contribution >= 0.6 is 0 Å². The second kappa shape index (κ2) is 6.57. The number of H-pyrrole nitrogens is 1. The molecule has 0 bridgehead atoms. The maximum Gasteiger partial charge on any atom is 0.136 e. The summed E-state index contributed by atoms with van der Waals surface area (Å²) in [6, 6.07) is 10.4. The van der Waals surface area contributed by atoms with Crippen molar-refractivity contribution in [3.8, 4) is 11.3 Å². The summed E-state index contributed by atoms with van der Waals surface area (Å²) >= 11 is 0. The van der Waals surface area contributed by atoms with Crippen molar-refractivity contribution in [2.45, 2.75) is 25.3 Å². The van der Waals surface area contributed by atoms with Crippen molar-refractivity contribution in [3.05, 3.63) is 54.2 Å². The molecule has 3 heterocycles. The molecule has 0 aliphatic carbocycles. The van der Waals surface area contributed by atoms with Crippen molar-refractivity contribution in [1.82, 2.24) is 29.9 Å². The van der Waals surface area contributed by atoms with Gasteiger partial charge in [-0.3, -0.25) is 10.00 Å². The second-order valence-electron chi connectivity index (χ2n) is 6.51. The molecule has 0 amide bonds. The van der Waals surface area contributed by atoms with E-state index in [0.29, 0.717) is 5.92 Å². The fourth-order valence-corrected chi connectivity index (χ4v) is 3.60. The molecule has 4 rings (SSSR count). The summed E-state index contributed by atoms with van der Waals surface area (Å²) in [6.07, 6.45) is 6.11. The van der Waals surface area contributed by atoms with E-state index in [1.54, 1.807) is 6.33 Å². The van der Waals surface area contributed by atoms with Crippen molar-refractivity contribution >= 4 is 0 Å². The Morgan fingerprint density at radius 2 is 2.12 bits per heavy atom. The molecule has 1 atom stereocenters. The Balaban J connectivity index is 1.50. The fourth-order valence-electron chi connectivity index (χ4n) is 3.60. The quantitative estimate of drug-likeness (QED) is 0.802. The average molecular weight is 322 g/mol. The summed E-state index contributed by atoms with van der Waals surface area (Å²) in [5.74, 6) is 1.55. The summed E-state index contributed by atoms with van der Waals surface area (Å²) in [7, 11) is 2.03. The summed E-state index contributed by atoms with van der Waals surface area (Å²) in [5, 5.41) is 15.8. The van der Waals surface area contributed by atoms with Crippen LogP contribution in [0.15, 0.2) is 42.9 Å². The maximum atomic E-state index is 4.30. The molecule has 3 aromatic rings. The molecule has 6 nitrogen and oxygen atoms in total. The van der Waals surface area contributed by atoms with E-state index in [9.17, 15) is 0 Å². The number of aryl methyl sites for hydroxylation is 1. The van der Waals surface area contributed by atoms with Gasteiger partial charge in [-0.25, -0.2) is 0 Å². The van der Waals surface area contributed by atoms with Gasteiger partial charge in [0.1, 0.15) is 12.2 Å². The molecule has 124 valence electrons. The minimum absolute atomic E-state index is 0.457. The lowest BCUT2D eigenvalue weighted by Crippen LogP contribution is -2.34. The van der Waals surface area contributed by atoms with Crippen LogP contribution in [0.1, 0.15) is 30.1 Å². The number of hydrogen-bond acceptors (Lipinski definition) is 4. The molecule has 1 aromatic carbocycles. The van der Waals surface area contributed by atoms with Crippen LogP contribution in [0.25, 0.3) is 11.3 Å². The van der Waals surface area contributed by atoms with E-state index in [0.717, 1.165) is 31.2 Å². The van der Waals surface area contributed by atoms with Gasteiger partial charge in [-0.2, -0.15) is 5.10 Å². The molecule has 1 aliphatic heterocycles. The van der Waals surface area contributed by atoms with Gasteiger partial charge in [0.05, 0.1) is 11.9 Å². The Labute approximate surface area is 141 Å². The summed E-state index contributed by atoms with van der Waals surface area (Å²) in [5.41, 5.74) is 3.56. The normalized spacial score (nSPS) is 18.8. The molecule has 0 spiro atoms. The number of nitrogens with one attached hydrogen (secondary N) is 1. The number of rotatable bonds is 4. The van der Waals surface area contributed by atoms with Crippen LogP contribution in [0, 0.1) is 0 Å². The molecule has 0 saturated carbocycles. The van der Waals surface area contributed by atoms with Crippen molar-refractivity contribution in [1.29, 1.82) is 0 Å². The van der Waals surface area contributed by atoms with Crippen LogP contribution in [-0.4, -0.2) is 43.0 Å². The van der Waals surface area contributed by atoms with Gasteiger partial charge in [-0.05, 0) is 24.9 Å². The lowest BCUT2D eigenvalue weighted by Gasteiger charge is -2.32. The standard InChI is InChI=1S/C18H22N6/c1-23-13-20-22-18(23)15-8-5-9-24(11-15)12-16-10-19-21-17(16)14-6-3-2-4-7-14/h2-4,6-7,10,13,15H,5,8-9,11-12H2,1H3,(H,19,21). The van der Waals surface area contributed by atoms with E-state index >= 15 is 0 Å². The number of piperidine rings is 1. The summed E-state index contributed by atoms with van der Waals surface area (Å²) < 4.78 is 2.04. The maximum absolute atomic E-state index is 4.30. The largest absolute Gasteiger partial charge is 0.320 e. The number of aromatic nitrogens is 5. The first-order valence-electron chi connectivity index (χ1n) is 8.45. The van der Waals surface area contributed by atoms with Gasteiger partial charge in [0.15, 0.2) is 0 Å². The van der Waals surface area contributed by atoms with Gasteiger partial charge in [0.2, 0.25) is 0 Å². The van der Waals surface area contributed by atoms with Crippen LogP contribution in [0.3, 0.4) is 0 Å². The summed E-state index contributed by atoms with van der Waals surface area (Å²) in [6.45, 7) is 3.05. The molecule has 1 saturated heterocycles. The topological polar surface area (TPSA) is 62.6 Å². The number of benzene rings is 1. The summed E-state index contributed by atoms with van der Waals surface area (Å²) in [4.78, 5) is 2.50. The first-order valence-corrected chi connectivity index (χ1v) is 8.45. The molecular weight excluding hydrogens is 300 g/mol. The van der Waals surface area contributed by atoms with Crippen LogP contribution in [0.2, 0.25) is 0 Å². The van der Waals surface area contributed by atoms with E-state index in [2.05, 4.69) is 49.6 Å². The third kappa shape index (κ3) is 2.97. The molecule has 1 N–H and O–H groups in total. The van der Waals surface area contributed by atoms with Crippen molar-refractivity contribution in [3.63, 3.8) is 0 Å². The van der Waals surface area contributed by atoms with Gasteiger partial charge < -0.3 is 4.57 Å². The Bertz CT molecular complexity index is 791. The van der Waals surface area contributed by atoms with E-state index in [1.165, 1.54) is 24.0 Å². The van der Waals surface area contributed by atoms with Crippen molar-refractivity contribution in [2.75, 3.05) is 13.1 Å². The molecular formula is C18H22N6. The highest BCUT2D eigenvalue weighted by molar-refractivity contribution is 5.62. The zero-order valence-electron chi connectivity index (χ0n) is 13.9. The number of likely N-dealkylation sites (tertiary alicyclic amines) is 1. The predicted octanol–water partition coefficient (Wildman–Crippen LogP) is 2.58. The zero-order valence-corrected chi connectivity index (χ0v) is 13.9. The van der Waals surface area contributed by atoms with Crippen LogP contribution in [0.5, 0.6) is 0 Å². The van der Waals surface area contributed by atoms with E-state index < -0.39 is 0 Å². The van der Waals surface area contributed by atoms with Gasteiger partial charge >= 0.3 is 0 Å². The Morgan fingerprint density at radius 1 is 1.25 bits per heavy atom. The minimum Gasteiger partial charge on any atom is -0.320 e. The van der Waals surface area contributed by atoms with Gasteiger partial charge in [0, 0.05) is 31.6 Å². The molecule has 1 fully saturated rings. The monoisotopic (exact) mass is 322 g/mol. The van der Waals surface area contributed by atoms with E-state index in [4.69, 9.17) is 0 Å². The van der Waals surface area contributed by atoms with E-state index in [-0.39, 0.29) is 0 Å². The van der Waals surface area contributed by atoms with Crippen LogP contribution < -0.4 is 0 Å². The second-order valence-corrected chi connectivity index (χ2v) is 6.51. The third-order valence-corrected chi connectivity index (χ3v) is 4.79. The molecule has 1 unspecified atom stereocenters. The number of nitrogens with zero attached hydrogens (tertiary/aromatic N) is 5. The van der Waals surface area contributed by atoms with Crippen LogP contribution in [0.4, 0.5) is 0 Å².